The number of nitrogens with one attached hydrogen (secondary N) is 1. The van der Waals surface area contributed by atoms with Crippen molar-refractivity contribution in [3.05, 3.63) is 75.2 Å². The molecule has 1 heterocycles. The molecule has 0 bridgehead atoms. The van der Waals surface area contributed by atoms with Crippen molar-refractivity contribution in [2.75, 3.05) is 0 Å². The zero-order valence-corrected chi connectivity index (χ0v) is 23.4. The summed E-state index contributed by atoms with van der Waals surface area (Å²) in [6.07, 6.45) is 2.39. The average molecular weight is 502 g/mol. The van der Waals surface area contributed by atoms with Crippen molar-refractivity contribution < 1.29 is 44.0 Å². The fraction of sp³-hybridized carbons (Fsp3) is 0.357. The Morgan fingerprint density at radius 3 is 2.06 bits per heavy atom. The maximum Gasteiger partial charge on any atom is -1.00 e. The summed E-state index contributed by atoms with van der Waals surface area (Å²) in [5.74, 6) is 0. The van der Waals surface area contributed by atoms with Crippen molar-refractivity contribution in [1.29, 1.82) is 0 Å². The van der Waals surface area contributed by atoms with Crippen LogP contribution in [0.15, 0.2) is 53.6 Å². The number of aromatic amines is 1. The van der Waals surface area contributed by atoms with Gasteiger partial charge in [0.1, 0.15) is 0 Å². The zero-order valence-electron chi connectivity index (χ0n) is 20.4. The van der Waals surface area contributed by atoms with Crippen molar-refractivity contribution in [1.82, 2.24) is 4.98 Å². The minimum atomic E-state index is -0.528. The molecule has 2 aromatic carbocycles. The monoisotopic (exact) mass is 501 g/mol. The standard InChI is InChI=1S/C16H22N.C12H11.2ClH.Ti/c1-15(2,3)11-8-7-9-13-14(11)12(10-17-13)16(4,5)6;1-9(2)12-7-10-5-3-4-6-11(10)8-12;;;/h7-9,17H,1-6H3;3-7H,1-2H3;2*1H;/q;;;;+2/p-2. The molecule has 1 N–H and O–H groups in total. The molecule has 1 aliphatic carbocycles. The van der Waals surface area contributed by atoms with Crippen LogP contribution in [0.4, 0.5) is 0 Å². The molecule has 1 aliphatic rings. The Balaban J connectivity index is 0.00000181. The minimum absolute atomic E-state index is 0. The quantitative estimate of drug-likeness (QED) is 0.452. The molecule has 1 nitrogen and oxygen atoms in total. The fourth-order valence-corrected chi connectivity index (χ4v) is 7.55. The van der Waals surface area contributed by atoms with E-state index in [2.05, 4.69) is 109 Å². The summed E-state index contributed by atoms with van der Waals surface area (Å²) in [6.45, 7) is 18.6. The van der Waals surface area contributed by atoms with Crippen molar-refractivity contribution in [3.63, 3.8) is 0 Å². The first-order valence-corrected chi connectivity index (χ1v) is 12.5. The summed E-state index contributed by atoms with van der Waals surface area (Å²) in [6, 6.07) is 15.7. The molecule has 4 heteroatoms. The number of hydrogen-bond acceptors (Lipinski definition) is 0. The van der Waals surface area contributed by atoms with Crippen LogP contribution in [0.2, 0.25) is 0 Å². The largest absolute Gasteiger partial charge is 1.00 e. The van der Waals surface area contributed by atoms with Gasteiger partial charge in [-0.3, -0.25) is 0 Å². The Morgan fingerprint density at radius 2 is 1.47 bits per heavy atom. The van der Waals surface area contributed by atoms with Crippen molar-refractivity contribution in [2.24, 2.45) is 0 Å². The molecule has 0 amide bonds. The summed E-state index contributed by atoms with van der Waals surface area (Å²) in [5, 5.41) is 4.25. The van der Waals surface area contributed by atoms with E-state index in [4.69, 9.17) is 0 Å². The second-order valence-electron chi connectivity index (χ2n) is 10.7. The van der Waals surface area contributed by atoms with Crippen LogP contribution < -0.4 is 39.3 Å². The molecule has 32 heavy (non-hydrogen) atoms. The molecular weight excluding hydrogens is 469 g/mol. The van der Waals surface area contributed by atoms with Gasteiger partial charge in [0.05, 0.1) is 0 Å². The molecule has 0 saturated heterocycles. The van der Waals surface area contributed by atoms with Crippen LogP contribution in [-0.2, 0) is 30.0 Å². The molecule has 0 fully saturated rings. The topological polar surface area (TPSA) is 15.8 Å². The van der Waals surface area contributed by atoms with Gasteiger partial charge in [0.2, 0.25) is 0 Å². The van der Waals surface area contributed by atoms with Crippen LogP contribution in [-0.4, -0.2) is 4.98 Å². The van der Waals surface area contributed by atoms with E-state index in [9.17, 15) is 0 Å². The fourth-order valence-electron chi connectivity index (χ4n) is 4.59. The smallest absolute Gasteiger partial charge is 1.00 e. The Bertz CT molecular complexity index is 1290. The third-order valence-corrected chi connectivity index (χ3v) is 8.18. The number of halogens is 2. The first-order chi connectivity index (χ1) is 14.0. The molecule has 168 valence electrons. The van der Waals surface area contributed by atoms with Gasteiger partial charge in [0.15, 0.2) is 0 Å². The molecule has 0 radical (unpaired) electrons. The molecule has 0 saturated carbocycles. The summed E-state index contributed by atoms with van der Waals surface area (Å²) in [5.41, 5.74) is 7.33. The van der Waals surface area contributed by atoms with Crippen LogP contribution in [0.25, 0.3) is 20.9 Å². The Morgan fingerprint density at radius 1 is 0.812 bits per heavy atom. The zero-order chi connectivity index (χ0) is 21.8. The molecule has 0 unspecified atom stereocenters. The minimum Gasteiger partial charge on any atom is -1.00 e. The van der Waals surface area contributed by atoms with Gasteiger partial charge in [-0.25, -0.2) is 0 Å². The van der Waals surface area contributed by atoms with Gasteiger partial charge in [-0.2, -0.15) is 0 Å². The normalized spacial score (nSPS) is 13.1. The second-order valence-corrected chi connectivity index (χ2v) is 12.7. The SMILES string of the molecule is CC(C)=C1C=c2ccccc2=[C]1[Ti+2][c]1[nH]c2cccc(C(C)(C)C)c2c1C(C)(C)C.[Cl-].[Cl-]. The maximum absolute atomic E-state index is 3.90. The van der Waals surface area contributed by atoms with Crippen LogP contribution in [0.5, 0.6) is 0 Å². The van der Waals surface area contributed by atoms with Crippen LogP contribution in [0, 0.1) is 0 Å². The van der Waals surface area contributed by atoms with Crippen LogP contribution in [0.1, 0.15) is 66.5 Å². The van der Waals surface area contributed by atoms with E-state index in [0.29, 0.717) is 0 Å². The number of aromatic nitrogens is 1. The van der Waals surface area contributed by atoms with E-state index in [1.54, 1.807) is 3.88 Å². The van der Waals surface area contributed by atoms with Gasteiger partial charge in [0, 0.05) is 0 Å². The predicted octanol–water partition coefficient (Wildman–Crippen LogP) is -0.582. The predicted molar refractivity (Wildman–Crippen MR) is 127 cm³/mol. The number of benzene rings is 2. The molecular formula is C28H33Cl2NTi. The van der Waals surface area contributed by atoms with E-state index in [1.807, 2.05) is 0 Å². The van der Waals surface area contributed by atoms with Gasteiger partial charge in [-0.15, -0.1) is 0 Å². The van der Waals surface area contributed by atoms with Gasteiger partial charge >= 0.3 is 190 Å². The van der Waals surface area contributed by atoms with E-state index in [1.165, 1.54) is 47.6 Å². The molecule has 1 aromatic heterocycles. The van der Waals surface area contributed by atoms with Gasteiger partial charge in [-0.1, -0.05) is 0 Å². The third-order valence-electron chi connectivity index (χ3n) is 5.97. The number of fused-ring (bicyclic) bond motifs is 2. The van der Waals surface area contributed by atoms with Gasteiger partial charge in [-0.05, 0) is 0 Å². The number of rotatable bonds is 2. The number of hydrogen-bond donors (Lipinski definition) is 1. The van der Waals surface area contributed by atoms with E-state index < -0.39 is 19.2 Å². The van der Waals surface area contributed by atoms with E-state index in [0.717, 1.165) is 0 Å². The van der Waals surface area contributed by atoms with Crippen LogP contribution >= 0.6 is 0 Å². The van der Waals surface area contributed by atoms with Crippen molar-refractivity contribution in [2.45, 2.75) is 66.2 Å². The summed E-state index contributed by atoms with van der Waals surface area (Å²) < 4.78 is 3.05. The summed E-state index contributed by atoms with van der Waals surface area (Å²) in [4.78, 5) is 3.90. The van der Waals surface area contributed by atoms with Crippen molar-refractivity contribution >= 4 is 24.9 Å². The molecule has 0 aliphatic heterocycles. The number of allylic oxidation sites excluding steroid dienone is 2. The molecule has 3 aromatic rings. The molecule has 0 spiro atoms. The summed E-state index contributed by atoms with van der Waals surface area (Å²) >= 11 is -0.528. The van der Waals surface area contributed by atoms with Crippen molar-refractivity contribution in [3.8, 4) is 0 Å². The van der Waals surface area contributed by atoms with E-state index in [-0.39, 0.29) is 35.6 Å². The summed E-state index contributed by atoms with van der Waals surface area (Å²) in [7, 11) is 0. The Kier molecular flexibility index (Phi) is 8.06. The third kappa shape index (κ3) is 4.82. The molecule has 0 atom stereocenters. The van der Waals surface area contributed by atoms with Gasteiger partial charge < -0.3 is 24.8 Å². The first-order valence-electron chi connectivity index (χ1n) is 10.9. The van der Waals surface area contributed by atoms with Crippen LogP contribution in [0.3, 0.4) is 0 Å². The maximum atomic E-state index is 3.90. The first kappa shape index (κ1) is 27.0. The number of H-pyrrole nitrogens is 1. The van der Waals surface area contributed by atoms with Gasteiger partial charge in [0.25, 0.3) is 0 Å². The molecule has 4 rings (SSSR count). The average Bonchev–Trinajstić information content (AvgIpc) is 3.19. The second kappa shape index (κ2) is 9.55. The Labute approximate surface area is 214 Å². The van der Waals surface area contributed by atoms with E-state index >= 15 is 0 Å². The Hall–Kier alpha value is -1.25.